The first-order chi connectivity index (χ1) is 12.2. The van der Waals surface area contributed by atoms with Crippen LogP contribution in [0.3, 0.4) is 0 Å². The average molecular weight is 351 g/mol. The number of aromatic nitrogens is 2. The molecular formula is C20H15ClN2O2. The molecule has 0 bridgehead atoms. The Hall–Kier alpha value is -2.85. The van der Waals surface area contributed by atoms with Crippen molar-refractivity contribution in [3.8, 4) is 17.2 Å². The Morgan fingerprint density at radius 1 is 0.920 bits per heavy atom. The lowest BCUT2D eigenvalue weighted by Gasteiger charge is -2.11. The monoisotopic (exact) mass is 350 g/mol. The van der Waals surface area contributed by atoms with Gasteiger partial charge in [0.2, 0.25) is 5.89 Å². The third-order valence-corrected chi connectivity index (χ3v) is 4.26. The van der Waals surface area contributed by atoms with Crippen molar-refractivity contribution in [1.82, 2.24) is 10.2 Å². The van der Waals surface area contributed by atoms with Crippen LogP contribution in [0.1, 0.15) is 18.9 Å². The third-order valence-electron chi connectivity index (χ3n) is 3.93. The summed E-state index contributed by atoms with van der Waals surface area (Å²) in [6.45, 7) is 1.87. The number of hydrogen-bond donors (Lipinski definition) is 0. The van der Waals surface area contributed by atoms with E-state index in [2.05, 4.69) is 22.3 Å². The van der Waals surface area contributed by atoms with Crippen molar-refractivity contribution in [1.29, 1.82) is 0 Å². The Morgan fingerprint density at radius 2 is 1.68 bits per heavy atom. The van der Waals surface area contributed by atoms with E-state index < -0.39 is 0 Å². The van der Waals surface area contributed by atoms with Crippen LogP contribution in [0, 0.1) is 0 Å². The molecule has 0 spiro atoms. The van der Waals surface area contributed by atoms with Crippen LogP contribution in [0.25, 0.3) is 22.2 Å². The molecule has 0 N–H and O–H groups in total. The first kappa shape index (κ1) is 15.7. The Bertz CT molecular complexity index is 1030. The summed E-state index contributed by atoms with van der Waals surface area (Å²) in [4.78, 5) is 0. The topological polar surface area (TPSA) is 48.2 Å². The summed E-state index contributed by atoms with van der Waals surface area (Å²) in [6.07, 6.45) is -0.370. The van der Waals surface area contributed by atoms with Crippen molar-refractivity contribution in [3.63, 3.8) is 0 Å². The molecule has 4 nitrogen and oxygen atoms in total. The number of rotatable bonds is 4. The molecule has 0 aliphatic rings. The summed E-state index contributed by atoms with van der Waals surface area (Å²) in [5.41, 5.74) is 0.709. The number of benzene rings is 3. The maximum atomic E-state index is 6.17. The number of ether oxygens (including phenoxy) is 1. The highest BCUT2D eigenvalue weighted by Crippen LogP contribution is 2.29. The molecule has 4 rings (SSSR count). The highest BCUT2D eigenvalue weighted by atomic mass is 35.5. The predicted octanol–water partition coefficient (Wildman–Crippen LogP) is 5.68. The van der Waals surface area contributed by atoms with Crippen LogP contribution in [0.4, 0.5) is 0 Å². The van der Waals surface area contributed by atoms with Crippen LogP contribution in [-0.2, 0) is 0 Å². The SMILES string of the molecule is CC(Oc1ccc2ccccc2c1)c1nnc(-c2ccccc2Cl)o1. The normalized spacial score (nSPS) is 12.2. The fourth-order valence-corrected chi connectivity index (χ4v) is 2.85. The van der Waals surface area contributed by atoms with Crippen molar-refractivity contribution < 1.29 is 9.15 Å². The largest absolute Gasteiger partial charge is 0.481 e. The Balaban J connectivity index is 1.56. The molecule has 1 heterocycles. The third kappa shape index (κ3) is 3.21. The van der Waals surface area contributed by atoms with Gasteiger partial charge in [-0.2, -0.15) is 0 Å². The average Bonchev–Trinajstić information content (AvgIpc) is 3.12. The van der Waals surface area contributed by atoms with E-state index >= 15 is 0 Å². The lowest BCUT2D eigenvalue weighted by atomic mass is 10.1. The van der Waals surface area contributed by atoms with Crippen LogP contribution in [-0.4, -0.2) is 10.2 Å². The number of fused-ring (bicyclic) bond motifs is 1. The quantitative estimate of drug-likeness (QED) is 0.475. The summed E-state index contributed by atoms with van der Waals surface area (Å²) in [6, 6.07) is 21.5. The molecule has 124 valence electrons. The highest BCUT2D eigenvalue weighted by molar-refractivity contribution is 6.33. The minimum Gasteiger partial charge on any atom is -0.481 e. The molecule has 5 heteroatoms. The first-order valence-corrected chi connectivity index (χ1v) is 8.32. The van der Waals surface area contributed by atoms with Crippen LogP contribution in [0.15, 0.2) is 71.1 Å². The van der Waals surface area contributed by atoms with Crippen molar-refractivity contribution >= 4 is 22.4 Å². The summed E-state index contributed by atoms with van der Waals surface area (Å²) in [5.74, 6) is 1.54. The molecule has 0 fully saturated rings. The Kier molecular flexibility index (Phi) is 4.12. The van der Waals surface area contributed by atoms with E-state index in [1.165, 1.54) is 5.39 Å². The summed E-state index contributed by atoms with van der Waals surface area (Å²) in [7, 11) is 0. The van der Waals surface area contributed by atoms with Gasteiger partial charge in [-0.3, -0.25) is 0 Å². The molecule has 0 aliphatic heterocycles. The van der Waals surface area contributed by atoms with Gasteiger partial charge in [-0.15, -0.1) is 10.2 Å². The van der Waals surface area contributed by atoms with Gasteiger partial charge in [-0.25, -0.2) is 0 Å². The summed E-state index contributed by atoms with van der Waals surface area (Å²) < 4.78 is 11.7. The molecule has 25 heavy (non-hydrogen) atoms. The zero-order valence-corrected chi connectivity index (χ0v) is 14.3. The van der Waals surface area contributed by atoms with Gasteiger partial charge in [0.1, 0.15) is 5.75 Å². The fraction of sp³-hybridized carbons (Fsp3) is 0.100. The molecule has 3 aromatic carbocycles. The van der Waals surface area contributed by atoms with Gasteiger partial charge in [0, 0.05) is 0 Å². The van der Waals surface area contributed by atoms with Crippen molar-refractivity contribution in [2.75, 3.05) is 0 Å². The molecular weight excluding hydrogens is 336 g/mol. The van der Waals surface area contributed by atoms with E-state index in [-0.39, 0.29) is 6.10 Å². The first-order valence-electron chi connectivity index (χ1n) is 7.94. The maximum Gasteiger partial charge on any atom is 0.257 e. The van der Waals surface area contributed by atoms with E-state index in [1.54, 1.807) is 6.07 Å². The van der Waals surface area contributed by atoms with Crippen LogP contribution in [0.2, 0.25) is 5.02 Å². The zero-order chi connectivity index (χ0) is 17.2. The smallest absolute Gasteiger partial charge is 0.257 e. The van der Waals surface area contributed by atoms with Crippen molar-refractivity contribution in [3.05, 3.63) is 77.6 Å². The second kappa shape index (κ2) is 6.57. The summed E-state index contributed by atoms with van der Waals surface area (Å²) in [5, 5.41) is 11.0. The minimum atomic E-state index is -0.370. The molecule has 0 saturated heterocycles. The van der Waals surface area contributed by atoms with E-state index in [4.69, 9.17) is 20.8 Å². The Morgan fingerprint density at radius 3 is 2.52 bits per heavy atom. The van der Waals surface area contributed by atoms with Crippen molar-refractivity contribution in [2.45, 2.75) is 13.0 Å². The fourth-order valence-electron chi connectivity index (χ4n) is 2.64. The van der Waals surface area contributed by atoms with Crippen LogP contribution >= 0.6 is 11.6 Å². The van der Waals surface area contributed by atoms with Gasteiger partial charge >= 0.3 is 0 Å². The molecule has 0 amide bonds. The van der Waals surface area contributed by atoms with E-state index in [0.29, 0.717) is 22.4 Å². The van der Waals surface area contributed by atoms with Gasteiger partial charge in [0.25, 0.3) is 5.89 Å². The second-order valence-corrected chi connectivity index (χ2v) is 6.10. The molecule has 1 aromatic heterocycles. The number of halogens is 1. The lowest BCUT2D eigenvalue weighted by molar-refractivity contribution is 0.190. The molecule has 0 saturated carbocycles. The molecule has 1 unspecified atom stereocenters. The van der Waals surface area contributed by atoms with Gasteiger partial charge in [0.15, 0.2) is 6.10 Å². The van der Waals surface area contributed by atoms with Crippen LogP contribution < -0.4 is 4.74 Å². The standard InChI is InChI=1S/C20H15ClN2O2/c1-13(24-16-11-10-14-6-2-3-7-15(14)12-16)19-22-23-20(25-19)17-8-4-5-9-18(17)21/h2-13H,1H3. The van der Waals surface area contributed by atoms with E-state index in [9.17, 15) is 0 Å². The van der Waals surface area contributed by atoms with Gasteiger partial charge in [0.05, 0.1) is 10.6 Å². The van der Waals surface area contributed by atoms with Gasteiger partial charge in [-0.1, -0.05) is 54.1 Å². The maximum absolute atomic E-state index is 6.17. The van der Waals surface area contributed by atoms with Crippen molar-refractivity contribution in [2.24, 2.45) is 0 Å². The molecule has 1 atom stereocenters. The predicted molar refractivity (Wildman–Crippen MR) is 97.7 cm³/mol. The van der Waals surface area contributed by atoms with E-state index in [0.717, 1.165) is 11.1 Å². The second-order valence-electron chi connectivity index (χ2n) is 5.69. The molecule has 4 aromatic rings. The van der Waals surface area contributed by atoms with Gasteiger partial charge in [-0.05, 0) is 42.0 Å². The summed E-state index contributed by atoms with van der Waals surface area (Å²) >= 11 is 6.17. The number of hydrogen-bond acceptors (Lipinski definition) is 4. The van der Waals surface area contributed by atoms with E-state index in [1.807, 2.05) is 55.5 Å². The van der Waals surface area contributed by atoms with Crippen LogP contribution in [0.5, 0.6) is 5.75 Å². The highest BCUT2D eigenvalue weighted by Gasteiger charge is 2.18. The lowest BCUT2D eigenvalue weighted by Crippen LogP contribution is -2.03. The molecule has 0 aliphatic carbocycles. The molecule has 0 radical (unpaired) electrons. The van der Waals surface area contributed by atoms with Gasteiger partial charge < -0.3 is 9.15 Å². The Labute approximate surface area is 150 Å². The minimum absolute atomic E-state index is 0.370. The number of nitrogens with zero attached hydrogens (tertiary/aromatic N) is 2. The zero-order valence-electron chi connectivity index (χ0n) is 13.5.